The number of carbonyl (C=O) groups is 2. The quantitative estimate of drug-likeness (QED) is 0.764. The Morgan fingerprint density at radius 1 is 1.15 bits per heavy atom. The fraction of sp³-hybridized carbons (Fsp3) is 0.900. The van der Waals surface area contributed by atoms with Crippen molar-refractivity contribution in [1.82, 2.24) is 20.0 Å². The molecule has 3 aliphatic heterocycles. The number of amides is 2. The van der Waals surface area contributed by atoms with Gasteiger partial charge in [0.2, 0.25) is 5.91 Å². The van der Waals surface area contributed by atoms with Crippen molar-refractivity contribution in [3.8, 4) is 0 Å². The maximum absolute atomic E-state index is 13.2. The summed E-state index contributed by atoms with van der Waals surface area (Å²) in [6, 6.07) is 0.314. The summed E-state index contributed by atoms with van der Waals surface area (Å²) < 4.78 is 5.71. The summed E-state index contributed by atoms with van der Waals surface area (Å²) >= 11 is 0. The van der Waals surface area contributed by atoms with Crippen LogP contribution in [-0.2, 0) is 14.3 Å². The summed E-state index contributed by atoms with van der Waals surface area (Å²) in [6.45, 7) is 7.16. The van der Waals surface area contributed by atoms with E-state index in [2.05, 4.69) is 29.1 Å². The van der Waals surface area contributed by atoms with Crippen molar-refractivity contribution in [1.29, 1.82) is 0 Å². The maximum Gasteiger partial charge on any atom is 0.252 e. The molecule has 3 heterocycles. The summed E-state index contributed by atoms with van der Waals surface area (Å²) in [5, 5.41) is 3.63. The summed E-state index contributed by atoms with van der Waals surface area (Å²) in [5.74, 6) is 0.794. The molecule has 1 N–H and O–H groups in total. The van der Waals surface area contributed by atoms with Crippen LogP contribution < -0.4 is 5.32 Å². The molecule has 0 bridgehead atoms. The predicted octanol–water partition coefficient (Wildman–Crippen LogP) is 0.643. The fourth-order valence-corrected chi connectivity index (χ4v) is 5.91. The first kappa shape index (κ1) is 19.2. The van der Waals surface area contributed by atoms with Crippen LogP contribution in [0.4, 0.5) is 0 Å². The summed E-state index contributed by atoms with van der Waals surface area (Å²) in [4.78, 5) is 32.1. The van der Waals surface area contributed by atoms with Crippen molar-refractivity contribution in [3.63, 3.8) is 0 Å². The van der Waals surface area contributed by atoms with Gasteiger partial charge in [0.1, 0.15) is 6.10 Å². The first-order valence-electron chi connectivity index (χ1n) is 10.6. The van der Waals surface area contributed by atoms with Gasteiger partial charge in [-0.1, -0.05) is 0 Å². The van der Waals surface area contributed by atoms with E-state index in [0.29, 0.717) is 25.2 Å². The predicted molar refractivity (Wildman–Crippen MR) is 102 cm³/mol. The van der Waals surface area contributed by atoms with Gasteiger partial charge in [0.25, 0.3) is 5.91 Å². The zero-order valence-electron chi connectivity index (χ0n) is 16.9. The van der Waals surface area contributed by atoms with Crippen molar-refractivity contribution in [2.45, 2.75) is 76.3 Å². The Labute approximate surface area is 162 Å². The van der Waals surface area contributed by atoms with Crippen molar-refractivity contribution in [2.75, 3.05) is 33.3 Å². The highest BCUT2D eigenvalue weighted by molar-refractivity contribution is 5.82. The van der Waals surface area contributed by atoms with Crippen molar-refractivity contribution < 1.29 is 14.3 Å². The van der Waals surface area contributed by atoms with Crippen molar-refractivity contribution in [3.05, 3.63) is 0 Å². The van der Waals surface area contributed by atoms with Gasteiger partial charge in [0.15, 0.2) is 0 Å². The summed E-state index contributed by atoms with van der Waals surface area (Å²) in [7, 11) is 2.18. The van der Waals surface area contributed by atoms with Crippen molar-refractivity contribution in [2.24, 2.45) is 5.92 Å². The highest BCUT2D eigenvalue weighted by Crippen LogP contribution is 2.38. The zero-order chi connectivity index (χ0) is 19.1. The van der Waals surface area contributed by atoms with E-state index in [0.717, 1.165) is 45.2 Å². The van der Waals surface area contributed by atoms with E-state index in [1.807, 2.05) is 4.90 Å². The number of ether oxygens (including phenoxy) is 1. The lowest BCUT2D eigenvalue weighted by atomic mass is 9.77. The molecule has 0 aromatic heterocycles. The standard InChI is InChI=1S/C20H34N4O3/c1-13-12-23(20(26)18-5-4-10-27-18)17-11-15(19-21-8-9-22(19)3)6-7-16(17)24(13)14(2)25/h13,15-19,21H,4-12H2,1-3H3/t13-,15?,16?,17?,18?,19?/m0/s1. The molecule has 1 saturated carbocycles. The van der Waals surface area contributed by atoms with E-state index in [1.54, 1.807) is 6.92 Å². The molecular weight excluding hydrogens is 344 g/mol. The molecule has 7 heteroatoms. The Morgan fingerprint density at radius 3 is 2.59 bits per heavy atom. The zero-order valence-corrected chi connectivity index (χ0v) is 16.9. The number of hydrogen-bond donors (Lipinski definition) is 1. The monoisotopic (exact) mass is 378 g/mol. The first-order chi connectivity index (χ1) is 13.0. The number of nitrogens with zero attached hydrogens (tertiary/aromatic N) is 3. The van der Waals surface area contributed by atoms with Gasteiger partial charge >= 0.3 is 0 Å². The molecular formula is C20H34N4O3. The van der Waals surface area contributed by atoms with Gasteiger partial charge in [-0.05, 0) is 52.0 Å². The van der Waals surface area contributed by atoms with Crippen LogP contribution in [-0.4, -0.2) is 90.2 Å². The molecule has 0 spiro atoms. The number of fused-ring (bicyclic) bond motifs is 1. The minimum Gasteiger partial charge on any atom is -0.368 e. The molecule has 7 nitrogen and oxygen atoms in total. The molecule has 0 aromatic rings. The Hall–Kier alpha value is -1.18. The van der Waals surface area contributed by atoms with Crippen LogP contribution in [0.3, 0.4) is 0 Å². The van der Waals surface area contributed by atoms with Crippen molar-refractivity contribution >= 4 is 11.8 Å². The van der Waals surface area contributed by atoms with Gasteiger partial charge in [0, 0.05) is 39.2 Å². The number of likely N-dealkylation sites (N-methyl/N-ethyl adjacent to an activating group) is 1. The van der Waals surface area contributed by atoms with Crippen LogP contribution in [0.1, 0.15) is 46.0 Å². The van der Waals surface area contributed by atoms with Gasteiger partial charge in [-0.15, -0.1) is 0 Å². The van der Waals surface area contributed by atoms with E-state index in [9.17, 15) is 9.59 Å². The minimum absolute atomic E-state index is 0.0675. The lowest BCUT2D eigenvalue weighted by Gasteiger charge is -2.55. The summed E-state index contributed by atoms with van der Waals surface area (Å²) in [6.07, 6.45) is 4.93. The SMILES string of the molecule is CC(=O)N1C2CCC(C3NCCN3C)CC2N(C(=O)C2CCCO2)C[C@@H]1C. The van der Waals surface area contributed by atoms with Crippen LogP contribution >= 0.6 is 0 Å². The molecule has 152 valence electrons. The van der Waals surface area contributed by atoms with Gasteiger partial charge in [-0.25, -0.2) is 0 Å². The van der Waals surface area contributed by atoms with Gasteiger partial charge in [-0.3, -0.25) is 14.5 Å². The van der Waals surface area contributed by atoms with Crippen LogP contribution in [0, 0.1) is 5.92 Å². The second-order valence-electron chi connectivity index (χ2n) is 8.85. The van der Waals surface area contributed by atoms with Gasteiger partial charge < -0.3 is 19.9 Å². The first-order valence-corrected chi connectivity index (χ1v) is 10.6. The van der Waals surface area contributed by atoms with E-state index in [1.165, 1.54) is 0 Å². The average Bonchev–Trinajstić information content (AvgIpc) is 3.31. The second kappa shape index (κ2) is 7.68. The number of carbonyl (C=O) groups excluding carboxylic acids is 2. The molecule has 0 radical (unpaired) electrons. The number of rotatable bonds is 2. The van der Waals surface area contributed by atoms with E-state index in [-0.39, 0.29) is 36.0 Å². The highest BCUT2D eigenvalue weighted by Gasteiger charge is 2.49. The second-order valence-corrected chi connectivity index (χ2v) is 8.85. The smallest absolute Gasteiger partial charge is 0.252 e. The Morgan fingerprint density at radius 2 is 1.96 bits per heavy atom. The third kappa shape index (κ3) is 3.49. The molecule has 0 aromatic carbocycles. The van der Waals surface area contributed by atoms with E-state index >= 15 is 0 Å². The molecule has 1 aliphatic carbocycles. The molecule has 6 atom stereocenters. The largest absolute Gasteiger partial charge is 0.368 e. The molecule has 5 unspecified atom stereocenters. The third-order valence-corrected chi connectivity index (χ3v) is 7.11. The molecule has 4 fully saturated rings. The Kier molecular flexibility index (Phi) is 5.45. The molecule has 4 rings (SSSR count). The van der Waals surface area contributed by atoms with Gasteiger partial charge in [0.05, 0.1) is 18.2 Å². The fourth-order valence-electron chi connectivity index (χ4n) is 5.91. The normalized spacial score (nSPS) is 40.3. The van der Waals surface area contributed by atoms with E-state index < -0.39 is 0 Å². The lowest BCUT2D eigenvalue weighted by molar-refractivity contribution is -0.160. The molecule has 4 aliphatic rings. The molecule has 2 amide bonds. The molecule has 27 heavy (non-hydrogen) atoms. The maximum atomic E-state index is 13.2. The Balaban J connectivity index is 1.57. The Bertz CT molecular complexity index is 580. The van der Waals surface area contributed by atoms with Crippen LogP contribution in [0.15, 0.2) is 0 Å². The number of hydrogen-bond acceptors (Lipinski definition) is 5. The average molecular weight is 379 g/mol. The van der Waals surface area contributed by atoms with E-state index in [4.69, 9.17) is 4.74 Å². The summed E-state index contributed by atoms with van der Waals surface area (Å²) in [5.41, 5.74) is 0. The number of nitrogens with one attached hydrogen (secondary N) is 1. The van der Waals surface area contributed by atoms with Crippen LogP contribution in [0.25, 0.3) is 0 Å². The van der Waals surface area contributed by atoms with Gasteiger partial charge in [-0.2, -0.15) is 0 Å². The number of piperazine rings is 1. The lowest BCUT2D eigenvalue weighted by Crippen LogP contribution is -2.68. The van der Waals surface area contributed by atoms with Crippen LogP contribution in [0.5, 0.6) is 0 Å². The third-order valence-electron chi connectivity index (χ3n) is 7.11. The topological polar surface area (TPSA) is 65.1 Å². The molecule has 3 saturated heterocycles. The minimum atomic E-state index is -0.283. The highest BCUT2D eigenvalue weighted by atomic mass is 16.5. The van der Waals surface area contributed by atoms with Crippen LogP contribution in [0.2, 0.25) is 0 Å².